The molecule has 0 aliphatic heterocycles. The maximum Gasteiger partial charge on any atom is 0.255 e. The molecule has 1 heterocycles. The number of ether oxygens (including phenoxy) is 1. The van der Waals surface area contributed by atoms with E-state index in [0.717, 1.165) is 4.47 Å². The quantitative estimate of drug-likeness (QED) is 0.932. The minimum Gasteiger partial charge on any atom is -0.494 e. The molecular formula is C14H12BrFN2O2. The molecule has 6 heteroatoms. The van der Waals surface area contributed by atoms with Gasteiger partial charge in [-0.15, -0.1) is 0 Å². The number of aromatic nitrogens is 1. The molecule has 0 spiro atoms. The first-order chi connectivity index (χ1) is 9.61. The molecule has 0 radical (unpaired) electrons. The second-order valence-corrected chi connectivity index (χ2v) is 4.91. The van der Waals surface area contributed by atoms with Crippen LogP contribution in [0, 0.1) is 5.82 Å². The Hall–Kier alpha value is -1.95. The van der Waals surface area contributed by atoms with Crippen molar-refractivity contribution in [3.63, 3.8) is 0 Å². The zero-order valence-electron chi connectivity index (χ0n) is 10.7. The fraction of sp³-hybridized carbons (Fsp3) is 0.143. The minimum absolute atomic E-state index is 0.0928. The van der Waals surface area contributed by atoms with Crippen LogP contribution in [0.15, 0.2) is 41.1 Å². The Morgan fingerprint density at radius 2 is 2.25 bits per heavy atom. The number of amides is 1. The van der Waals surface area contributed by atoms with Gasteiger partial charge >= 0.3 is 0 Å². The molecule has 2 rings (SSSR count). The topological polar surface area (TPSA) is 51.2 Å². The van der Waals surface area contributed by atoms with Crippen LogP contribution in [0.1, 0.15) is 15.9 Å². The number of carbonyl (C=O) groups excluding carboxylic acids is 1. The standard InChI is InChI=1S/C14H12BrFN2O2/c1-20-13-8-17-5-4-11(13)14(19)18-7-9-6-10(15)2-3-12(9)16/h2-6,8H,7H2,1H3,(H,18,19). The van der Waals surface area contributed by atoms with E-state index in [1.165, 1.54) is 25.6 Å². The lowest BCUT2D eigenvalue weighted by atomic mass is 10.2. The first-order valence-electron chi connectivity index (χ1n) is 5.82. The number of benzene rings is 1. The van der Waals surface area contributed by atoms with Crippen molar-refractivity contribution in [2.24, 2.45) is 0 Å². The van der Waals surface area contributed by atoms with E-state index in [9.17, 15) is 9.18 Å². The molecule has 0 bridgehead atoms. The maximum atomic E-state index is 13.6. The Labute approximate surface area is 124 Å². The average Bonchev–Trinajstić information content (AvgIpc) is 2.47. The van der Waals surface area contributed by atoms with Gasteiger partial charge in [0.2, 0.25) is 0 Å². The van der Waals surface area contributed by atoms with E-state index in [1.807, 2.05) is 0 Å². The van der Waals surface area contributed by atoms with Gasteiger partial charge in [-0.05, 0) is 24.3 Å². The lowest BCUT2D eigenvalue weighted by Crippen LogP contribution is -2.24. The number of pyridine rings is 1. The normalized spacial score (nSPS) is 10.2. The van der Waals surface area contributed by atoms with Gasteiger partial charge in [-0.1, -0.05) is 15.9 Å². The van der Waals surface area contributed by atoms with Gasteiger partial charge in [-0.2, -0.15) is 0 Å². The molecule has 20 heavy (non-hydrogen) atoms. The van der Waals surface area contributed by atoms with Gasteiger partial charge in [0.05, 0.1) is 18.9 Å². The number of methoxy groups -OCH3 is 1. The highest BCUT2D eigenvalue weighted by Crippen LogP contribution is 2.17. The number of rotatable bonds is 4. The summed E-state index contributed by atoms with van der Waals surface area (Å²) < 4.78 is 19.4. The monoisotopic (exact) mass is 338 g/mol. The van der Waals surface area contributed by atoms with Gasteiger partial charge in [0.1, 0.15) is 11.6 Å². The predicted molar refractivity (Wildman–Crippen MR) is 76.1 cm³/mol. The number of hydrogen-bond donors (Lipinski definition) is 1. The zero-order chi connectivity index (χ0) is 14.5. The molecule has 0 aliphatic rings. The van der Waals surface area contributed by atoms with Crippen LogP contribution in [0.3, 0.4) is 0 Å². The van der Waals surface area contributed by atoms with E-state index in [0.29, 0.717) is 16.9 Å². The van der Waals surface area contributed by atoms with Crippen molar-refractivity contribution in [3.8, 4) is 5.75 Å². The summed E-state index contributed by atoms with van der Waals surface area (Å²) in [4.78, 5) is 15.9. The molecule has 1 aromatic carbocycles. The molecule has 1 amide bonds. The summed E-state index contributed by atoms with van der Waals surface area (Å²) in [6.07, 6.45) is 2.95. The third-order valence-corrected chi connectivity index (χ3v) is 3.19. The van der Waals surface area contributed by atoms with Crippen LogP contribution < -0.4 is 10.1 Å². The van der Waals surface area contributed by atoms with Crippen LogP contribution >= 0.6 is 15.9 Å². The Morgan fingerprint density at radius 3 is 3.00 bits per heavy atom. The fourth-order valence-electron chi connectivity index (χ4n) is 1.68. The second kappa shape index (κ2) is 6.47. The van der Waals surface area contributed by atoms with Crippen molar-refractivity contribution in [1.82, 2.24) is 10.3 Å². The van der Waals surface area contributed by atoms with Crippen molar-refractivity contribution in [1.29, 1.82) is 0 Å². The van der Waals surface area contributed by atoms with E-state index in [4.69, 9.17) is 4.74 Å². The SMILES string of the molecule is COc1cnccc1C(=O)NCc1cc(Br)ccc1F. The smallest absolute Gasteiger partial charge is 0.255 e. The van der Waals surface area contributed by atoms with E-state index in [-0.39, 0.29) is 18.3 Å². The van der Waals surface area contributed by atoms with Crippen molar-refractivity contribution < 1.29 is 13.9 Å². The highest BCUT2D eigenvalue weighted by molar-refractivity contribution is 9.10. The molecule has 2 aromatic rings. The lowest BCUT2D eigenvalue weighted by molar-refractivity contribution is 0.0947. The number of halogens is 2. The van der Waals surface area contributed by atoms with Crippen LogP contribution in [-0.4, -0.2) is 18.0 Å². The summed E-state index contributed by atoms with van der Waals surface area (Å²) in [5.41, 5.74) is 0.763. The van der Waals surface area contributed by atoms with Crippen LogP contribution in [0.5, 0.6) is 5.75 Å². The number of hydrogen-bond acceptors (Lipinski definition) is 3. The van der Waals surface area contributed by atoms with Crippen molar-refractivity contribution in [2.45, 2.75) is 6.54 Å². The molecule has 4 nitrogen and oxygen atoms in total. The first-order valence-corrected chi connectivity index (χ1v) is 6.61. The van der Waals surface area contributed by atoms with E-state index >= 15 is 0 Å². The summed E-state index contributed by atoms with van der Waals surface area (Å²) in [5.74, 6) is -0.335. The summed E-state index contributed by atoms with van der Waals surface area (Å²) in [5, 5.41) is 2.65. The minimum atomic E-state index is -0.366. The van der Waals surface area contributed by atoms with Gasteiger partial charge in [-0.25, -0.2) is 4.39 Å². The van der Waals surface area contributed by atoms with Crippen LogP contribution in [-0.2, 0) is 6.54 Å². The highest BCUT2D eigenvalue weighted by atomic mass is 79.9. The summed E-state index contributed by atoms with van der Waals surface area (Å²) in [6, 6.07) is 6.12. The summed E-state index contributed by atoms with van der Waals surface area (Å²) in [7, 11) is 1.46. The maximum absolute atomic E-state index is 13.6. The number of nitrogens with zero attached hydrogens (tertiary/aromatic N) is 1. The van der Waals surface area contributed by atoms with Gasteiger partial charge in [0, 0.05) is 22.8 Å². The average molecular weight is 339 g/mol. The summed E-state index contributed by atoms with van der Waals surface area (Å²) in [6.45, 7) is 0.0928. The Kier molecular flexibility index (Phi) is 4.68. The molecule has 1 N–H and O–H groups in total. The Bertz CT molecular complexity index is 634. The lowest BCUT2D eigenvalue weighted by Gasteiger charge is -2.09. The van der Waals surface area contributed by atoms with Gasteiger partial charge < -0.3 is 10.1 Å². The Balaban J connectivity index is 2.11. The largest absolute Gasteiger partial charge is 0.494 e. The van der Waals surface area contributed by atoms with Gasteiger partial charge in [0.15, 0.2) is 0 Å². The number of carbonyl (C=O) groups is 1. The van der Waals surface area contributed by atoms with Crippen molar-refractivity contribution in [2.75, 3.05) is 7.11 Å². The third-order valence-electron chi connectivity index (χ3n) is 2.70. The molecule has 0 atom stereocenters. The third kappa shape index (κ3) is 3.33. The van der Waals surface area contributed by atoms with E-state index in [1.54, 1.807) is 18.2 Å². The highest BCUT2D eigenvalue weighted by Gasteiger charge is 2.12. The van der Waals surface area contributed by atoms with E-state index < -0.39 is 0 Å². The molecule has 0 unspecified atom stereocenters. The fourth-order valence-corrected chi connectivity index (χ4v) is 2.09. The molecule has 0 aliphatic carbocycles. The zero-order valence-corrected chi connectivity index (χ0v) is 12.3. The molecule has 0 saturated heterocycles. The van der Waals surface area contributed by atoms with Crippen molar-refractivity contribution in [3.05, 3.63) is 58.1 Å². The Morgan fingerprint density at radius 1 is 1.45 bits per heavy atom. The van der Waals surface area contributed by atoms with Gasteiger partial charge in [0.25, 0.3) is 5.91 Å². The molecular weight excluding hydrogens is 327 g/mol. The molecule has 1 aromatic heterocycles. The van der Waals surface area contributed by atoms with E-state index in [2.05, 4.69) is 26.2 Å². The molecule has 0 fully saturated rings. The van der Waals surface area contributed by atoms with Crippen LogP contribution in [0.25, 0.3) is 0 Å². The van der Waals surface area contributed by atoms with Gasteiger partial charge in [-0.3, -0.25) is 9.78 Å². The predicted octanol–water partition coefficient (Wildman–Crippen LogP) is 2.92. The first kappa shape index (κ1) is 14.5. The molecule has 104 valence electrons. The summed E-state index contributed by atoms with van der Waals surface area (Å²) >= 11 is 3.26. The number of nitrogens with one attached hydrogen (secondary N) is 1. The second-order valence-electron chi connectivity index (χ2n) is 3.99. The van der Waals surface area contributed by atoms with Crippen LogP contribution in [0.2, 0.25) is 0 Å². The van der Waals surface area contributed by atoms with Crippen LogP contribution in [0.4, 0.5) is 4.39 Å². The molecule has 0 saturated carbocycles. The van der Waals surface area contributed by atoms with Crippen molar-refractivity contribution >= 4 is 21.8 Å².